The highest BCUT2D eigenvalue weighted by atomic mass is 127. The molecule has 31 heavy (non-hydrogen) atoms. The molecule has 0 saturated carbocycles. The van der Waals surface area contributed by atoms with Gasteiger partial charge in [-0.1, -0.05) is 20.3 Å². The van der Waals surface area contributed by atoms with Crippen LogP contribution in [0.1, 0.15) is 58.8 Å². The van der Waals surface area contributed by atoms with Crippen molar-refractivity contribution in [1.82, 2.24) is 20.4 Å². The number of nitrogens with zero attached hydrogens (tertiary/aromatic N) is 3. The molecular weight excluding hydrogens is 525 g/mol. The van der Waals surface area contributed by atoms with Crippen LogP contribution in [0.5, 0.6) is 0 Å². The number of aliphatic imine (C=N–C) groups is 1. The van der Waals surface area contributed by atoms with Crippen LogP contribution in [0.3, 0.4) is 0 Å². The van der Waals surface area contributed by atoms with Crippen molar-refractivity contribution in [1.29, 1.82) is 0 Å². The lowest BCUT2D eigenvalue weighted by Gasteiger charge is -2.35. The maximum Gasteiger partial charge on any atom is 0.222 e. The third kappa shape index (κ3) is 11.1. The van der Waals surface area contributed by atoms with Crippen LogP contribution < -0.4 is 10.6 Å². The van der Waals surface area contributed by atoms with Crippen molar-refractivity contribution in [2.45, 2.75) is 64.0 Å². The normalized spacial score (nSPS) is 19.4. The summed E-state index contributed by atoms with van der Waals surface area (Å²) in [5, 5.41) is 7.50. The fourth-order valence-electron chi connectivity index (χ4n) is 3.86. The predicted octanol–water partition coefficient (Wildman–Crippen LogP) is 2.94. The number of thioether (sulfide) groups is 1. The molecule has 0 bridgehead atoms. The highest BCUT2D eigenvalue weighted by Gasteiger charge is 2.24. The van der Waals surface area contributed by atoms with E-state index >= 15 is 0 Å². The summed E-state index contributed by atoms with van der Waals surface area (Å²) in [4.78, 5) is 32.7. The Morgan fingerprint density at radius 3 is 2.29 bits per heavy atom. The van der Waals surface area contributed by atoms with Gasteiger partial charge < -0.3 is 20.4 Å². The number of hydrogen-bond acceptors (Lipinski definition) is 4. The molecule has 2 fully saturated rings. The Kier molecular flexibility index (Phi) is 14.6. The molecule has 2 aliphatic heterocycles. The largest absolute Gasteiger partial charge is 0.356 e. The summed E-state index contributed by atoms with van der Waals surface area (Å²) in [5.41, 5.74) is 0. The average Bonchev–Trinajstić information content (AvgIpc) is 3.25. The van der Waals surface area contributed by atoms with Crippen LogP contribution in [0.4, 0.5) is 0 Å². The number of hydrogen-bond donors (Lipinski definition) is 2. The van der Waals surface area contributed by atoms with E-state index in [0.29, 0.717) is 50.2 Å². The lowest BCUT2D eigenvalue weighted by molar-refractivity contribution is -0.140. The predicted molar refractivity (Wildman–Crippen MR) is 141 cm³/mol. The fourth-order valence-corrected chi connectivity index (χ4v) is 5.06. The molecule has 0 aromatic heterocycles. The SMILES string of the molecule is CN=C(NCCCCCC(=O)N1CCN(C(=O)CC(C)C)CC1)NCC1CCCS1.I. The molecule has 2 N–H and O–H groups in total. The van der Waals surface area contributed by atoms with Gasteiger partial charge in [-0.25, -0.2) is 0 Å². The molecule has 2 amide bonds. The van der Waals surface area contributed by atoms with Crippen LogP contribution in [-0.4, -0.2) is 84.9 Å². The lowest BCUT2D eigenvalue weighted by atomic mass is 10.1. The van der Waals surface area contributed by atoms with Gasteiger partial charge in [0.2, 0.25) is 11.8 Å². The molecule has 0 radical (unpaired) electrons. The molecule has 9 heteroatoms. The highest BCUT2D eigenvalue weighted by Crippen LogP contribution is 2.25. The monoisotopic (exact) mass is 567 g/mol. The summed E-state index contributed by atoms with van der Waals surface area (Å²) >= 11 is 2.05. The number of carbonyl (C=O) groups is 2. The van der Waals surface area contributed by atoms with E-state index < -0.39 is 0 Å². The van der Waals surface area contributed by atoms with Crippen LogP contribution in [-0.2, 0) is 9.59 Å². The van der Waals surface area contributed by atoms with E-state index in [1.54, 1.807) is 0 Å². The number of rotatable bonds is 10. The average molecular weight is 568 g/mol. The standard InChI is InChI=1S/C22H41N5O2S.HI/c1-18(2)16-21(29)27-13-11-26(12-14-27)20(28)9-5-4-6-10-24-22(23-3)25-17-19-8-7-15-30-19;/h18-19H,4-17H2,1-3H3,(H2,23,24,25);1H. The van der Waals surface area contributed by atoms with Gasteiger partial charge in [-0.15, -0.1) is 24.0 Å². The first kappa shape index (κ1) is 28.3. The van der Waals surface area contributed by atoms with Crippen molar-refractivity contribution in [2.24, 2.45) is 10.9 Å². The molecule has 7 nitrogen and oxygen atoms in total. The Labute approximate surface area is 209 Å². The van der Waals surface area contributed by atoms with Crippen LogP contribution in [0.25, 0.3) is 0 Å². The van der Waals surface area contributed by atoms with Crippen molar-refractivity contribution in [3.63, 3.8) is 0 Å². The lowest BCUT2D eigenvalue weighted by Crippen LogP contribution is -2.50. The second-order valence-electron chi connectivity index (χ2n) is 8.69. The molecule has 180 valence electrons. The van der Waals surface area contributed by atoms with Crippen LogP contribution >= 0.6 is 35.7 Å². The zero-order chi connectivity index (χ0) is 21.8. The number of halogens is 1. The van der Waals surface area contributed by atoms with Gasteiger partial charge in [0.15, 0.2) is 5.96 Å². The van der Waals surface area contributed by atoms with Gasteiger partial charge in [0.25, 0.3) is 0 Å². The van der Waals surface area contributed by atoms with E-state index in [-0.39, 0.29) is 35.8 Å². The van der Waals surface area contributed by atoms with Crippen LogP contribution in [0, 0.1) is 5.92 Å². The van der Waals surface area contributed by atoms with Crippen molar-refractivity contribution >= 4 is 53.5 Å². The number of piperazine rings is 1. The molecule has 2 saturated heterocycles. The van der Waals surface area contributed by atoms with Gasteiger partial charge in [0.1, 0.15) is 0 Å². The second-order valence-corrected chi connectivity index (χ2v) is 10.1. The van der Waals surface area contributed by atoms with Crippen molar-refractivity contribution < 1.29 is 9.59 Å². The van der Waals surface area contributed by atoms with E-state index in [0.717, 1.165) is 38.3 Å². The third-order valence-electron chi connectivity index (χ3n) is 5.67. The van der Waals surface area contributed by atoms with Crippen molar-refractivity contribution in [2.75, 3.05) is 52.1 Å². The molecular formula is C22H42IN5O2S. The number of guanidine groups is 1. The summed E-state index contributed by atoms with van der Waals surface area (Å²) in [6.07, 6.45) is 6.80. The first-order valence-corrected chi connectivity index (χ1v) is 12.7. The first-order valence-electron chi connectivity index (χ1n) is 11.6. The second kappa shape index (κ2) is 16.0. The summed E-state index contributed by atoms with van der Waals surface area (Å²) in [5.74, 6) is 2.99. The van der Waals surface area contributed by atoms with Gasteiger partial charge in [-0.2, -0.15) is 11.8 Å². The molecule has 2 rings (SSSR count). The molecule has 0 spiro atoms. The van der Waals surface area contributed by atoms with Crippen molar-refractivity contribution in [3.05, 3.63) is 0 Å². The summed E-state index contributed by atoms with van der Waals surface area (Å²) in [6.45, 7) is 8.68. The van der Waals surface area contributed by atoms with E-state index in [1.165, 1.54) is 18.6 Å². The zero-order valence-corrected chi connectivity index (χ0v) is 22.7. The van der Waals surface area contributed by atoms with Gasteiger partial charge in [-0.3, -0.25) is 14.6 Å². The van der Waals surface area contributed by atoms with Gasteiger partial charge in [-0.05, 0) is 37.4 Å². The zero-order valence-electron chi connectivity index (χ0n) is 19.5. The van der Waals surface area contributed by atoms with Crippen LogP contribution in [0.2, 0.25) is 0 Å². The van der Waals surface area contributed by atoms with E-state index in [4.69, 9.17) is 0 Å². The Hall–Kier alpha value is -0.710. The van der Waals surface area contributed by atoms with Gasteiger partial charge in [0.05, 0.1) is 0 Å². The fraction of sp³-hybridized carbons (Fsp3) is 0.864. The van der Waals surface area contributed by atoms with Gasteiger partial charge >= 0.3 is 0 Å². The Morgan fingerprint density at radius 1 is 1.03 bits per heavy atom. The minimum atomic E-state index is 0. The number of nitrogens with one attached hydrogen (secondary N) is 2. The number of unbranched alkanes of at least 4 members (excludes halogenated alkanes) is 2. The molecule has 0 aromatic rings. The molecule has 0 aromatic carbocycles. The minimum absolute atomic E-state index is 0. The maximum atomic E-state index is 12.4. The summed E-state index contributed by atoms with van der Waals surface area (Å²) in [6, 6.07) is 0. The Bertz CT molecular complexity index is 562. The molecule has 2 aliphatic rings. The highest BCUT2D eigenvalue weighted by molar-refractivity contribution is 14.0. The van der Waals surface area contributed by atoms with Crippen LogP contribution in [0.15, 0.2) is 4.99 Å². The van der Waals surface area contributed by atoms with E-state index in [1.807, 2.05) is 28.6 Å². The quantitative estimate of drug-likeness (QED) is 0.184. The summed E-state index contributed by atoms with van der Waals surface area (Å²) < 4.78 is 0. The topological polar surface area (TPSA) is 77.0 Å². The van der Waals surface area contributed by atoms with E-state index in [2.05, 4.69) is 29.5 Å². The van der Waals surface area contributed by atoms with Gasteiger partial charge in [0, 0.05) is 64.4 Å². The number of amides is 2. The maximum absolute atomic E-state index is 12.4. The first-order chi connectivity index (χ1) is 14.5. The Morgan fingerprint density at radius 2 is 1.71 bits per heavy atom. The van der Waals surface area contributed by atoms with Crippen molar-refractivity contribution in [3.8, 4) is 0 Å². The third-order valence-corrected chi connectivity index (χ3v) is 7.07. The number of carbonyl (C=O) groups excluding carboxylic acids is 2. The minimum Gasteiger partial charge on any atom is -0.356 e. The Balaban J connectivity index is 0.00000480. The summed E-state index contributed by atoms with van der Waals surface area (Å²) in [7, 11) is 1.81. The molecule has 1 unspecified atom stereocenters. The van der Waals surface area contributed by atoms with E-state index in [9.17, 15) is 9.59 Å². The molecule has 0 aliphatic carbocycles. The molecule has 2 heterocycles. The molecule has 1 atom stereocenters. The smallest absolute Gasteiger partial charge is 0.222 e.